The molecular formula is C7H10NaO4. The molecule has 0 aliphatic heterocycles. The van der Waals surface area contributed by atoms with Crippen molar-refractivity contribution in [3.05, 3.63) is 35.9 Å². The normalized spacial score (nSPS) is 6.67. The number of rotatable bonds is 1. The maximum Gasteiger partial charge on any atom is 0.335 e. The van der Waals surface area contributed by atoms with Gasteiger partial charge in [-0.3, -0.25) is 0 Å². The molecule has 1 aromatic carbocycles. The number of carboxylic acids is 1. The van der Waals surface area contributed by atoms with Crippen LogP contribution in [0.3, 0.4) is 0 Å². The standard InChI is InChI=1S/C7H6O2.Na.2H2O/c8-7(9)6-4-2-1-3-5-6;;;/h1-5H,(H,8,9);;2*1H2. The van der Waals surface area contributed by atoms with Crippen molar-refractivity contribution in [2.75, 3.05) is 0 Å². The molecule has 0 aliphatic carbocycles. The van der Waals surface area contributed by atoms with E-state index >= 15 is 0 Å². The van der Waals surface area contributed by atoms with Crippen molar-refractivity contribution >= 4 is 35.5 Å². The Bertz CT molecular complexity index is 212. The minimum Gasteiger partial charge on any atom is -0.478 e. The topological polar surface area (TPSA) is 100 Å². The molecule has 12 heavy (non-hydrogen) atoms. The van der Waals surface area contributed by atoms with Gasteiger partial charge >= 0.3 is 5.97 Å². The van der Waals surface area contributed by atoms with Gasteiger partial charge in [0.2, 0.25) is 0 Å². The van der Waals surface area contributed by atoms with Crippen LogP contribution in [0.5, 0.6) is 0 Å². The van der Waals surface area contributed by atoms with E-state index in [4.69, 9.17) is 5.11 Å². The number of carboxylic acid groups (broad SMARTS) is 1. The van der Waals surface area contributed by atoms with Crippen molar-refractivity contribution in [1.29, 1.82) is 0 Å². The van der Waals surface area contributed by atoms with Gasteiger partial charge in [-0.15, -0.1) is 0 Å². The number of hydrogen-bond acceptors (Lipinski definition) is 1. The van der Waals surface area contributed by atoms with Crippen molar-refractivity contribution in [2.45, 2.75) is 0 Å². The first-order chi connectivity index (χ1) is 4.30. The average Bonchev–Trinajstić information content (AvgIpc) is 1.90. The monoisotopic (exact) mass is 181 g/mol. The van der Waals surface area contributed by atoms with Crippen molar-refractivity contribution in [3.8, 4) is 0 Å². The fourth-order valence-electron chi connectivity index (χ4n) is 0.581. The van der Waals surface area contributed by atoms with Crippen LogP contribution in [0.25, 0.3) is 0 Å². The van der Waals surface area contributed by atoms with Gasteiger partial charge in [-0.25, -0.2) is 4.79 Å². The Kier molecular flexibility index (Phi) is 12.8. The van der Waals surface area contributed by atoms with Crippen LogP contribution < -0.4 is 0 Å². The molecule has 0 saturated heterocycles. The van der Waals surface area contributed by atoms with Crippen LogP contribution >= 0.6 is 0 Å². The molecule has 0 aliphatic rings. The van der Waals surface area contributed by atoms with Crippen LogP contribution in [0, 0.1) is 0 Å². The number of carbonyl (C=O) groups is 1. The molecule has 0 bridgehead atoms. The summed E-state index contributed by atoms with van der Waals surface area (Å²) >= 11 is 0. The summed E-state index contributed by atoms with van der Waals surface area (Å²) in [5.74, 6) is -0.879. The second-order valence-electron chi connectivity index (χ2n) is 1.67. The maximum atomic E-state index is 10.2. The van der Waals surface area contributed by atoms with Crippen LogP contribution in [0.15, 0.2) is 30.3 Å². The SMILES string of the molecule is O.O.O=C(O)c1ccccc1.[Na]. The van der Waals surface area contributed by atoms with Gasteiger partial charge in [0.05, 0.1) is 5.56 Å². The van der Waals surface area contributed by atoms with Gasteiger partial charge in [0, 0.05) is 29.6 Å². The van der Waals surface area contributed by atoms with Crippen LogP contribution in [-0.2, 0) is 0 Å². The fourth-order valence-corrected chi connectivity index (χ4v) is 0.581. The summed E-state index contributed by atoms with van der Waals surface area (Å²) < 4.78 is 0. The zero-order chi connectivity index (χ0) is 6.69. The Labute approximate surface area is 92.1 Å². The third-order valence-corrected chi connectivity index (χ3v) is 1.02. The van der Waals surface area contributed by atoms with Gasteiger partial charge in [-0.1, -0.05) is 18.2 Å². The van der Waals surface area contributed by atoms with Crippen molar-refractivity contribution in [2.24, 2.45) is 0 Å². The van der Waals surface area contributed by atoms with Gasteiger partial charge in [0.1, 0.15) is 0 Å². The number of aromatic carboxylic acids is 1. The Morgan fingerprint density at radius 3 is 1.75 bits per heavy atom. The van der Waals surface area contributed by atoms with Crippen LogP contribution in [-0.4, -0.2) is 51.6 Å². The Hall–Kier alpha value is -0.390. The first-order valence-corrected chi connectivity index (χ1v) is 2.59. The Balaban J connectivity index is -0.000000270. The molecule has 4 nitrogen and oxygen atoms in total. The first-order valence-electron chi connectivity index (χ1n) is 2.59. The molecule has 0 unspecified atom stereocenters. The fraction of sp³-hybridized carbons (Fsp3) is 0. The molecule has 0 spiro atoms. The summed E-state index contributed by atoms with van der Waals surface area (Å²) in [6.45, 7) is 0. The zero-order valence-corrected chi connectivity index (χ0v) is 8.74. The average molecular weight is 181 g/mol. The molecule has 1 aromatic rings. The van der Waals surface area contributed by atoms with Crippen molar-refractivity contribution in [1.82, 2.24) is 0 Å². The second-order valence-corrected chi connectivity index (χ2v) is 1.67. The third-order valence-electron chi connectivity index (χ3n) is 1.02. The third kappa shape index (κ3) is 5.29. The quantitative estimate of drug-likeness (QED) is 0.582. The minimum atomic E-state index is -0.879. The van der Waals surface area contributed by atoms with Crippen LogP contribution in [0.2, 0.25) is 0 Å². The summed E-state index contributed by atoms with van der Waals surface area (Å²) in [7, 11) is 0. The second kappa shape index (κ2) is 8.70. The van der Waals surface area contributed by atoms with Gasteiger partial charge in [0.15, 0.2) is 0 Å². The Morgan fingerprint density at radius 2 is 1.50 bits per heavy atom. The van der Waals surface area contributed by atoms with Crippen LogP contribution in [0.4, 0.5) is 0 Å². The maximum absolute atomic E-state index is 10.2. The predicted octanol–water partition coefficient (Wildman–Crippen LogP) is -0.645. The Morgan fingerprint density at radius 1 is 1.08 bits per heavy atom. The molecular weight excluding hydrogens is 171 g/mol. The summed E-state index contributed by atoms with van der Waals surface area (Å²) in [4.78, 5) is 10.2. The summed E-state index contributed by atoms with van der Waals surface area (Å²) in [5.41, 5.74) is 0.331. The molecule has 0 aromatic heterocycles. The summed E-state index contributed by atoms with van der Waals surface area (Å²) in [5, 5.41) is 8.38. The van der Waals surface area contributed by atoms with Crippen LogP contribution in [0.1, 0.15) is 10.4 Å². The van der Waals surface area contributed by atoms with E-state index in [1.54, 1.807) is 30.3 Å². The molecule has 5 heteroatoms. The minimum absolute atomic E-state index is 0. The molecule has 0 fully saturated rings. The van der Waals surface area contributed by atoms with Gasteiger partial charge in [-0.05, 0) is 12.1 Å². The van der Waals surface area contributed by atoms with E-state index in [1.807, 2.05) is 0 Å². The van der Waals surface area contributed by atoms with E-state index in [9.17, 15) is 4.79 Å². The van der Waals surface area contributed by atoms with Crippen molar-refractivity contribution < 1.29 is 20.9 Å². The smallest absolute Gasteiger partial charge is 0.335 e. The van der Waals surface area contributed by atoms with E-state index in [-0.39, 0.29) is 40.5 Å². The van der Waals surface area contributed by atoms with Crippen molar-refractivity contribution in [3.63, 3.8) is 0 Å². The zero-order valence-electron chi connectivity index (χ0n) is 6.74. The number of hydrogen-bond donors (Lipinski definition) is 1. The van der Waals surface area contributed by atoms with Gasteiger partial charge < -0.3 is 16.1 Å². The van der Waals surface area contributed by atoms with Gasteiger partial charge in [0.25, 0.3) is 0 Å². The molecule has 0 atom stereocenters. The van der Waals surface area contributed by atoms with E-state index in [2.05, 4.69) is 0 Å². The van der Waals surface area contributed by atoms with E-state index < -0.39 is 5.97 Å². The molecule has 63 valence electrons. The first kappa shape index (κ1) is 17.6. The molecule has 0 amide bonds. The molecule has 1 rings (SSSR count). The number of benzene rings is 1. The molecule has 0 saturated carbocycles. The van der Waals surface area contributed by atoms with E-state index in [0.29, 0.717) is 5.56 Å². The summed E-state index contributed by atoms with van der Waals surface area (Å²) in [6, 6.07) is 8.30. The van der Waals surface area contributed by atoms with E-state index in [1.165, 1.54) is 0 Å². The molecule has 0 heterocycles. The predicted molar refractivity (Wildman–Crippen MR) is 46.4 cm³/mol. The largest absolute Gasteiger partial charge is 0.478 e. The van der Waals surface area contributed by atoms with E-state index in [0.717, 1.165) is 0 Å². The summed E-state index contributed by atoms with van der Waals surface area (Å²) in [6.07, 6.45) is 0. The molecule has 5 N–H and O–H groups in total. The molecule has 1 radical (unpaired) electrons. The van der Waals surface area contributed by atoms with Gasteiger partial charge in [-0.2, -0.15) is 0 Å².